The molecule has 1 aliphatic rings. The van der Waals surface area contributed by atoms with Gasteiger partial charge in [0.15, 0.2) is 5.69 Å². The first-order valence-electron chi connectivity index (χ1n) is 6.70. The normalized spacial score (nSPS) is 14.5. The van der Waals surface area contributed by atoms with Crippen LogP contribution < -0.4 is 10.1 Å². The average molecular weight is 329 g/mol. The van der Waals surface area contributed by atoms with E-state index in [1.54, 1.807) is 0 Å². The van der Waals surface area contributed by atoms with E-state index >= 15 is 0 Å². The molecule has 5 nitrogen and oxygen atoms in total. The summed E-state index contributed by atoms with van der Waals surface area (Å²) in [5, 5.41) is 5.88. The molecule has 0 radical (unpaired) electrons. The summed E-state index contributed by atoms with van der Waals surface area (Å²) in [4.78, 5) is 12.0. The van der Waals surface area contributed by atoms with Crippen molar-refractivity contribution in [1.82, 2.24) is 15.1 Å². The molecule has 0 fully saturated rings. The fourth-order valence-electron chi connectivity index (χ4n) is 2.27. The molecule has 0 aliphatic carbocycles. The highest BCUT2D eigenvalue weighted by Gasteiger charge is 2.29. The summed E-state index contributed by atoms with van der Waals surface area (Å²) in [6, 6.07) is 1.47. The molecule has 1 atom stereocenters. The molecule has 1 amide bonds. The minimum Gasteiger partial charge on any atom is -0.476 e. The number of carbonyl (C=O) groups is 1. The summed E-state index contributed by atoms with van der Waals surface area (Å²) in [5.74, 6) is -2.49. The molecule has 1 unspecified atom stereocenters. The van der Waals surface area contributed by atoms with E-state index in [1.807, 2.05) is 5.32 Å². The molecule has 1 N–H and O–H groups in total. The van der Waals surface area contributed by atoms with Crippen LogP contribution in [0, 0.1) is 11.6 Å². The number of nitrogens with one attached hydrogen (secondary N) is 1. The first-order valence-corrected chi connectivity index (χ1v) is 6.70. The van der Waals surface area contributed by atoms with E-state index in [2.05, 4.69) is 5.10 Å². The van der Waals surface area contributed by atoms with Crippen LogP contribution in [0.25, 0.3) is 0 Å². The van der Waals surface area contributed by atoms with Gasteiger partial charge in [0.1, 0.15) is 24.3 Å². The van der Waals surface area contributed by atoms with Crippen LogP contribution in [0.1, 0.15) is 22.1 Å². The lowest BCUT2D eigenvalue weighted by atomic mass is 10.1. The largest absolute Gasteiger partial charge is 0.476 e. The van der Waals surface area contributed by atoms with Gasteiger partial charge in [0.25, 0.3) is 12.3 Å². The van der Waals surface area contributed by atoms with Crippen molar-refractivity contribution >= 4 is 5.91 Å². The van der Waals surface area contributed by atoms with Gasteiger partial charge in [0.05, 0.1) is 6.54 Å². The Kier molecular flexibility index (Phi) is 3.93. The highest BCUT2D eigenvalue weighted by Crippen LogP contribution is 2.25. The molecule has 122 valence electrons. The van der Waals surface area contributed by atoms with E-state index in [1.165, 1.54) is 10.7 Å². The summed E-state index contributed by atoms with van der Waals surface area (Å²) in [6.45, 7) is 0.859. The Morgan fingerprint density at radius 2 is 2.09 bits per heavy atom. The van der Waals surface area contributed by atoms with Gasteiger partial charge in [-0.2, -0.15) is 5.10 Å². The van der Waals surface area contributed by atoms with Gasteiger partial charge in [-0.05, 0) is 18.2 Å². The Hall–Kier alpha value is -2.58. The summed E-state index contributed by atoms with van der Waals surface area (Å²) < 4.78 is 59.8. The van der Waals surface area contributed by atoms with Crippen molar-refractivity contribution in [1.29, 1.82) is 0 Å². The number of benzene rings is 1. The van der Waals surface area contributed by atoms with Crippen LogP contribution in [0.5, 0.6) is 5.88 Å². The van der Waals surface area contributed by atoms with Crippen LogP contribution in [0.2, 0.25) is 0 Å². The lowest BCUT2D eigenvalue weighted by Gasteiger charge is -2.18. The molecule has 23 heavy (non-hydrogen) atoms. The van der Waals surface area contributed by atoms with Crippen molar-refractivity contribution in [2.24, 2.45) is 0 Å². The molecule has 0 bridgehead atoms. The number of alkyl halides is 2. The second kappa shape index (κ2) is 5.90. The van der Waals surface area contributed by atoms with Crippen LogP contribution in [-0.4, -0.2) is 28.7 Å². The zero-order chi connectivity index (χ0) is 16.6. The van der Waals surface area contributed by atoms with Gasteiger partial charge >= 0.3 is 0 Å². The van der Waals surface area contributed by atoms with Gasteiger partial charge in [-0.3, -0.25) is 4.79 Å². The first-order chi connectivity index (χ1) is 11.0. The number of hydrogen-bond donors (Lipinski definition) is 1. The summed E-state index contributed by atoms with van der Waals surface area (Å²) in [5.41, 5.74) is -0.765. The molecule has 2 aromatic rings. The van der Waals surface area contributed by atoms with Gasteiger partial charge < -0.3 is 10.1 Å². The third kappa shape index (κ3) is 2.99. The number of halogens is 4. The molecule has 0 spiro atoms. The number of ether oxygens (including phenoxy) is 1. The van der Waals surface area contributed by atoms with Gasteiger partial charge in [-0.1, -0.05) is 0 Å². The lowest BCUT2D eigenvalue weighted by molar-refractivity contribution is 0.0731. The minimum absolute atomic E-state index is 0.137. The van der Waals surface area contributed by atoms with E-state index in [0.717, 1.165) is 12.1 Å². The molecule has 0 saturated heterocycles. The highest BCUT2D eigenvalue weighted by molar-refractivity contribution is 5.92. The third-order valence-electron chi connectivity index (χ3n) is 3.36. The summed E-state index contributed by atoms with van der Waals surface area (Å²) >= 11 is 0. The van der Waals surface area contributed by atoms with E-state index in [9.17, 15) is 22.4 Å². The standard InChI is InChI=1S/C14H11F4N3O2/c15-7-1-2-9(16)8(5-7)12(13(17)18)19-14(22)10-6-11-21(20-10)3-4-23-11/h1-2,5-6,12-13H,3-4H2,(H,19,22). The van der Waals surface area contributed by atoms with Gasteiger partial charge in [0.2, 0.25) is 5.88 Å². The minimum atomic E-state index is -3.12. The maximum Gasteiger partial charge on any atom is 0.272 e. The third-order valence-corrected chi connectivity index (χ3v) is 3.36. The quantitative estimate of drug-likeness (QED) is 0.876. The number of carbonyl (C=O) groups excluding carboxylic acids is 1. The molecule has 0 saturated carbocycles. The Bertz CT molecular complexity index is 726. The Morgan fingerprint density at radius 3 is 2.78 bits per heavy atom. The second-order valence-corrected chi connectivity index (χ2v) is 4.89. The molecular weight excluding hydrogens is 318 g/mol. The van der Waals surface area contributed by atoms with E-state index in [-0.39, 0.29) is 5.69 Å². The Morgan fingerprint density at radius 1 is 1.30 bits per heavy atom. The van der Waals surface area contributed by atoms with Crippen molar-refractivity contribution in [3.63, 3.8) is 0 Å². The van der Waals surface area contributed by atoms with Crippen molar-refractivity contribution in [3.05, 3.63) is 47.2 Å². The smallest absolute Gasteiger partial charge is 0.272 e. The maximum atomic E-state index is 13.7. The second-order valence-electron chi connectivity index (χ2n) is 4.89. The number of fused-ring (bicyclic) bond motifs is 1. The van der Waals surface area contributed by atoms with Crippen molar-refractivity contribution in [3.8, 4) is 5.88 Å². The van der Waals surface area contributed by atoms with Crippen LogP contribution in [0.15, 0.2) is 24.3 Å². The predicted molar refractivity (Wildman–Crippen MR) is 70.3 cm³/mol. The number of aromatic nitrogens is 2. The predicted octanol–water partition coefficient (Wildman–Crippen LogP) is 2.29. The zero-order valence-electron chi connectivity index (χ0n) is 11.6. The summed E-state index contributed by atoms with van der Waals surface area (Å²) in [6.07, 6.45) is -3.12. The Labute approximate surface area is 127 Å². The summed E-state index contributed by atoms with van der Waals surface area (Å²) in [7, 11) is 0. The molecular formula is C14H11F4N3O2. The van der Waals surface area contributed by atoms with Crippen LogP contribution in [0.3, 0.4) is 0 Å². The van der Waals surface area contributed by atoms with Crippen molar-refractivity contribution in [2.45, 2.75) is 19.0 Å². The molecule has 3 rings (SSSR count). The number of hydrogen-bond acceptors (Lipinski definition) is 3. The number of nitrogens with zero attached hydrogens (tertiary/aromatic N) is 2. The molecule has 1 aliphatic heterocycles. The number of rotatable bonds is 4. The van der Waals surface area contributed by atoms with Crippen LogP contribution >= 0.6 is 0 Å². The molecule has 1 aromatic carbocycles. The number of amides is 1. The van der Waals surface area contributed by atoms with Gasteiger partial charge in [-0.15, -0.1) is 0 Å². The van der Waals surface area contributed by atoms with E-state index < -0.39 is 35.6 Å². The van der Waals surface area contributed by atoms with Gasteiger partial charge in [-0.25, -0.2) is 22.2 Å². The van der Waals surface area contributed by atoms with E-state index in [0.29, 0.717) is 25.1 Å². The fourth-order valence-corrected chi connectivity index (χ4v) is 2.27. The van der Waals surface area contributed by atoms with Crippen LogP contribution in [0.4, 0.5) is 17.6 Å². The topological polar surface area (TPSA) is 56.2 Å². The maximum absolute atomic E-state index is 13.7. The molecule has 2 heterocycles. The SMILES string of the molecule is O=C(NC(c1cc(F)ccc1F)C(F)F)c1cc2n(n1)CCO2. The monoisotopic (exact) mass is 329 g/mol. The fraction of sp³-hybridized carbons (Fsp3) is 0.286. The van der Waals surface area contributed by atoms with Crippen molar-refractivity contribution < 1.29 is 27.1 Å². The van der Waals surface area contributed by atoms with E-state index in [4.69, 9.17) is 4.74 Å². The van der Waals surface area contributed by atoms with Crippen LogP contribution in [-0.2, 0) is 6.54 Å². The average Bonchev–Trinajstić information content (AvgIpc) is 3.08. The first kappa shape index (κ1) is 15.3. The molecule has 9 heteroatoms. The zero-order valence-corrected chi connectivity index (χ0v) is 11.6. The lowest BCUT2D eigenvalue weighted by Crippen LogP contribution is -2.34. The Balaban J connectivity index is 1.84. The highest BCUT2D eigenvalue weighted by atomic mass is 19.3. The van der Waals surface area contributed by atoms with Crippen molar-refractivity contribution in [2.75, 3.05) is 6.61 Å². The van der Waals surface area contributed by atoms with Gasteiger partial charge in [0, 0.05) is 11.6 Å². The molecule has 1 aromatic heterocycles.